The van der Waals surface area contributed by atoms with Crippen LogP contribution >= 0.6 is 23.8 Å². The molecule has 2 aromatic rings. The van der Waals surface area contributed by atoms with Crippen molar-refractivity contribution >= 4 is 52.1 Å². The number of methoxy groups -OCH3 is 1. The second-order valence-corrected chi connectivity index (χ2v) is 7.25. The van der Waals surface area contributed by atoms with E-state index in [0.29, 0.717) is 34.1 Å². The van der Waals surface area contributed by atoms with E-state index in [1.54, 1.807) is 36.4 Å². The third-order valence-corrected chi connectivity index (χ3v) is 4.76. The van der Waals surface area contributed by atoms with Crippen LogP contribution in [-0.4, -0.2) is 24.0 Å². The molecule has 0 aromatic heterocycles. The lowest BCUT2D eigenvalue weighted by atomic mass is 10.1. The SMILES string of the molecule is CCCCC(=O)Nc1ccc(NC(=S)NC(=O)c2ccc(C)c(Cl)c2)cc1OC. The summed E-state index contributed by atoms with van der Waals surface area (Å²) in [7, 11) is 1.52. The molecular formula is C21H24ClN3O3S. The first-order chi connectivity index (χ1) is 13.8. The molecule has 0 fully saturated rings. The number of ether oxygens (including phenoxy) is 1. The average Bonchev–Trinajstić information content (AvgIpc) is 2.69. The minimum Gasteiger partial charge on any atom is -0.494 e. The zero-order chi connectivity index (χ0) is 21.4. The molecule has 29 heavy (non-hydrogen) atoms. The maximum absolute atomic E-state index is 12.3. The first-order valence-corrected chi connectivity index (χ1v) is 9.99. The lowest BCUT2D eigenvalue weighted by Crippen LogP contribution is -2.34. The topological polar surface area (TPSA) is 79.5 Å². The van der Waals surface area contributed by atoms with Crippen molar-refractivity contribution in [1.82, 2.24) is 5.32 Å². The van der Waals surface area contributed by atoms with Crippen molar-refractivity contribution in [2.75, 3.05) is 17.7 Å². The Labute approximate surface area is 181 Å². The Balaban J connectivity index is 2.01. The van der Waals surface area contributed by atoms with E-state index < -0.39 is 0 Å². The molecule has 2 rings (SSSR count). The molecule has 0 heterocycles. The molecule has 0 unspecified atom stereocenters. The zero-order valence-electron chi connectivity index (χ0n) is 16.6. The molecule has 2 amide bonds. The zero-order valence-corrected chi connectivity index (χ0v) is 18.2. The van der Waals surface area contributed by atoms with Gasteiger partial charge in [0, 0.05) is 28.8 Å². The molecule has 0 radical (unpaired) electrons. The number of anilines is 2. The highest BCUT2D eigenvalue weighted by molar-refractivity contribution is 7.80. The highest BCUT2D eigenvalue weighted by Gasteiger charge is 2.12. The summed E-state index contributed by atoms with van der Waals surface area (Å²) < 4.78 is 5.35. The number of aryl methyl sites for hydroxylation is 1. The largest absolute Gasteiger partial charge is 0.494 e. The Hall–Kier alpha value is -2.64. The van der Waals surface area contributed by atoms with Gasteiger partial charge in [0.25, 0.3) is 5.91 Å². The van der Waals surface area contributed by atoms with E-state index in [1.807, 2.05) is 13.8 Å². The quantitative estimate of drug-likeness (QED) is 0.540. The van der Waals surface area contributed by atoms with Crippen LogP contribution in [0, 0.1) is 6.92 Å². The molecule has 6 nitrogen and oxygen atoms in total. The van der Waals surface area contributed by atoms with Crippen LogP contribution in [0.2, 0.25) is 5.02 Å². The highest BCUT2D eigenvalue weighted by atomic mass is 35.5. The molecule has 8 heteroatoms. The Morgan fingerprint density at radius 3 is 2.55 bits per heavy atom. The Kier molecular flexibility index (Phi) is 8.42. The summed E-state index contributed by atoms with van der Waals surface area (Å²) in [4.78, 5) is 24.3. The number of thiocarbonyl (C=S) groups is 1. The number of carbonyl (C=O) groups is 2. The Bertz CT molecular complexity index is 918. The third-order valence-electron chi connectivity index (χ3n) is 4.15. The van der Waals surface area contributed by atoms with Gasteiger partial charge < -0.3 is 15.4 Å². The highest BCUT2D eigenvalue weighted by Crippen LogP contribution is 2.28. The number of hydrogen-bond donors (Lipinski definition) is 3. The average molecular weight is 434 g/mol. The second kappa shape index (κ2) is 10.8. The number of nitrogens with one attached hydrogen (secondary N) is 3. The van der Waals surface area contributed by atoms with Gasteiger partial charge in [-0.2, -0.15) is 0 Å². The standard InChI is InChI=1S/C21H24ClN3O3S/c1-4-5-6-19(26)24-17-10-9-15(12-18(17)28-3)23-21(29)25-20(27)14-8-7-13(2)16(22)11-14/h7-12H,4-6H2,1-3H3,(H,24,26)(H2,23,25,27,29). The van der Waals surface area contributed by atoms with Crippen molar-refractivity contribution < 1.29 is 14.3 Å². The maximum atomic E-state index is 12.3. The maximum Gasteiger partial charge on any atom is 0.257 e. The molecule has 0 aliphatic heterocycles. The van der Waals surface area contributed by atoms with Crippen LogP contribution in [0.1, 0.15) is 42.1 Å². The van der Waals surface area contributed by atoms with Gasteiger partial charge in [-0.05, 0) is 55.4 Å². The fourth-order valence-corrected chi connectivity index (χ4v) is 2.89. The van der Waals surface area contributed by atoms with E-state index in [1.165, 1.54) is 7.11 Å². The van der Waals surface area contributed by atoms with Gasteiger partial charge in [0.15, 0.2) is 5.11 Å². The first kappa shape index (κ1) is 22.6. The fourth-order valence-electron chi connectivity index (χ4n) is 2.49. The van der Waals surface area contributed by atoms with Gasteiger partial charge in [-0.3, -0.25) is 14.9 Å². The third kappa shape index (κ3) is 6.73. The summed E-state index contributed by atoms with van der Waals surface area (Å²) >= 11 is 11.3. The van der Waals surface area contributed by atoms with Crippen molar-refractivity contribution in [3.05, 3.63) is 52.5 Å². The summed E-state index contributed by atoms with van der Waals surface area (Å²) in [5.41, 5.74) is 2.48. The molecule has 3 N–H and O–H groups in total. The van der Waals surface area contributed by atoms with Gasteiger partial charge in [-0.25, -0.2) is 0 Å². The summed E-state index contributed by atoms with van der Waals surface area (Å²) in [6.45, 7) is 3.89. The van der Waals surface area contributed by atoms with Crippen LogP contribution in [0.5, 0.6) is 5.75 Å². The van der Waals surface area contributed by atoms with Gasteiger partial charge in [0.05, 0.1) is 12.8 Å². The predicted molar refractivity (Wildman–Crippen MR) is 121 cm³/mol. The van der Waals surface area contributed by atoms with Crippen LogP contribution in [0.4, 0.5) is 11.4 Å². The number of benzene rings is 2. The lowest BCUT2D eigenvalue weighted by Gasteiger charge is -2.14. The first-order valence-electron chi connectivity index (χ1n) is 9.20. The van der Waals surface area contributed by atoms with Crippen molar-refractivity contribution in [2.45, 2.75) is 33.1 Å². The van der Waals surface area contributed by atoms with Crippen LogP contribution in [0.25, 0.3) is 0 Å². The normalized spacial score (nSPS) is 10.2. The Morgan fingerprint density at radius 2 is 1.90 bits per heavy atom. The number of halogens is 1. The molecule has 0 spiro atoms. The summed E-state index contributed by atoms with van der Waals surface area (Å²) in [5.74, 6) is 0.0564. The van der Waals surface area contributed by atoms with E-state index >= 15 is 0 Å². The van der Waals surface area contributed by atoms with Gasteiger partial charge in [0.2, 0.25) is 5.91 Å². The van der Waals surface area contributed by atoms with Crippen LogP contribution in [0.3, 0.4) is 0 Å². The minimum atomic E-state index is -0.365. The van der Waals surface area contributed by atoms with Crippen molar-refractivity contribution in [1.29, 1.82) is 0 Å². The molecule has 0 saturated heterocycles. The summed E-state index contributed by atoms with van der Waals surface area (Å²) in [5, 5.41) is 9.02. The molecule has 0 aliphatic carbocycles. The van der Waals surface area contributed by atoms with Crippen LogP contribution < -0.4 is 20.7 Å². The smallest absolute Gasteiger partial charge is 0.257 e. The molecule has 2 aromatic carbocycles. The fraction of sp³-hybridized carbons (Fsp3) is 0.286. The second-order valence-electron chi connectivity index (χ2n) is 6.44. The molecule has 0 bridgehead atoms. The van der Waals surface area contributed by atoms with Crippen LogP contribution in [-0.2, 0) is 4.79 Å². The van der Waals surface area contributed by atoms with Gasteiger partial charge >= 0.3 is 0 Å². The Morgan fingerprint density at radius 1 is 1.14 bits per heavy atom. The van der Waals surface area contributed by atoms with Gasteiger partial charge in [-0.1, -0.05) is 31.0 Å². The summed E-state index contributed by atoms with van der Waals surface area (Å²) in [6, 6.07) is 10.2. The van der Waals surface area contributed by atoms with E-state index in [-0.39, 0.29) is 16.9 Å². The number of rotatable bonds is 7. The molecule has 154 valence electrons. The van der Waals surface area contributed by atoms with Gasteiger partial charge in [0.1, 0.15) is 5.75 Å². The molecular weight excluding hydrogens is 410 g/mol. The molecule has 0 aliphatic rings. The number of unbranched alkanes of at least 4 members (excludes halogenated alkanes) is 1. The van der Waals surface area contributed by atoms with Crippen LogP contribution in [0.15, 0.2) is 36.4 Å². The van der Waals surface area contributed by atoms with E-state index in [0.717, 1.165) is 18.4 Å². The predicted octanol–water partition coefficient (Wildman–Crippen LogP) is 4.91. The van der Waals surface area contributed by atoms with Crippen molar-refractivity contribution in [3.63, 3.8) is 0 Å². The van der Waals surface area contributed by atoms with E-state index in [4.69, 9.17) is 28.6 Å². The lowest BCUT2D eigenvalue weighted by molar-refractivity contribution is -0.116. The monoisotopic (exact) mass is 433 g/mol. The number of hydrogen-bond acceptors (Lipinski definition) is 4. The number of carbonyl (C=O) groups excluding carboxylic acids is 2. The summed E-state index contributed by atoms with van der Waals surface area (Å²) in [6.07, 6.45) is 2.23. The molecule has 0 atom stereocenters. The van der Waals surface area contributed by atoms with E-state index in [2.05, 4.69) is 16.0 Å². The van der Waals surface area contributed by atoms with Crippen molar-refractivity contribution in [3.8, 4) is 5.75 Å². The van der Waals surface area contributed by atoms with E-state index in [9.17, 15) is 9.59 Å². The minimum absolute atomic E-state index is 0.0644. The molecule has 0 saturated carbocycles. The van der Waals surface area contributed by atoms with Gasteiger partial charge in [-0.15, -0.1) is 0 Å². The van der Waals surface area contributed by atoms with Crippen molar-refractivity contribution in [2.24, 2.45) is 0 Å². The number of amides is 2.